The molecule has 1 amide bonds. The van der Waals surface area contributed by atoms with E-state index in [0.717, 1.165) is 28.9 Å². The Labute approximate surface area is 260 Å². The second kappa shape index (κ2) is 15.5. The standard InChI is InChI=1S/C33H46N2O6S2/c1-23-9-7-8-12-28(23)30-17-25(13-14-29(30)32(36)34-31(33(37)38)15-16-42-2)19-35-20-27(43(3,39)40)18-26(35)22-41-21-24-10-5-4-6-11-24/h7-9,12-14,17,24,26-27,31H,4-6,10-11,15-16,18-22H2,1-3H3,(H,34,36)(H,37,38)/t26-,27-,31-/m0/s1. The van der Waals surface area contributed by atoms with Gasteiger partial charge in [-0.05, 0) is 84.9 Å². The van der Waals surface area contributed by atoms with E-state index in [0.29, 0.717) is 49.8 Å². The Kier molecular flexibility index (Phi) is 12.1. The van der Waals surface area contributed by atoms with Gasteiger partial charge in [-0.15, -0.1) is 0 Å². The Hall–Kier alpha value is -2.40. The first-order valence-corrected chi connectivity index (χ1v) is 18.6. The molecule has 2 aliphatic rings. The number of hydrogen-bond donors (Lipinski definition) is 2. The van der Waals surface area contributed by atoms with Crippen molar-refractivity contribution in [1.29, 1.82) is 0 Å². The molecule has 0 spiro atoms. The number of benzene rings is 2. The SMILES string of the molecule is CSCC[C@H](NC(=O)c1ccc(CN2C[C@@H](S(C)(=O)=O)C[C@H]2COCC2CCCCC2)cc1-c1ccccc1C)C(=O)O. The number of sulfone groups is 1. The summed E-state index contributed by atoms with van der Waals surface area (Å²) in [5.74, 6) is -0.268. The Bertz CT molecular complexity index is 1360. The number of nitrogens with zero attached hydrogens (tertiary/aromatic N) is 1. The molecule has 0 aromatic heterocycles. The Morgan fingerprint density at radius 1 is 1.09 bits per heavy atom. The quantitative estimate of drug-likeness (QED) is 0.294. The normalized spacial score (nSPS) is 20.6. The smallest absolute Gasteiger partial charge is 0.326 e. The second-order valence-corrected chi connectivity index (χ2v) is 15.5. The zero-order valence-corrected chi connectivity index (χ0v) is 27.2. The number of carboxylic acids is 1. The van der Waals surface area contributed by atoms with Crippen LogP contribution in [0.3, 0.4) is 0 Å². The van der Waals surface area contributed by atoms with Crippen LogP contribution in [0.25, 0.3) is 11.1 Å². The molecule has 1 aliphatic heterocycles. The van der Waals surface area contributed by atoms with E-state index in [-0.39, 0.29) is 6.04 Å². The lowest BCUT2D eigenvalue weighted by Crippen LogP contribution is -2.41. The van der Waals surface area contributed by atoms with Crippen LogP contribution in [-0.4, -0.2) is 85.7 Å². The van der Waals surface area contributed by atoms with Gasteiger partial charge in [0.05, 0.1) is 11.9 Å². The maximum atomic E-state index is 13.5. The highest BCUT2D eigenvalue weighted by atomic mass is 32.2. The minimum absolute atomic E-state index is 0.0130. The lowest BCUT2D eigenvalue weighted by atomic mass is 9.90. The molecule has 8 nitrogen and oxygen atoms in total. The van der Waals surface area contributed by atoms with Gasteiger partial charge >= 0.3 is 5.97 Å². The lowest BCUT2D eigenvalue weighted by Gasteiger charge is -2.27. The van der Waals surface area contributed by atoms with Crippen molar-refractivity contribution in [2.24, 2.45) is 5.92 Å². The topological polar surface area (TPSA) is 113 Å². The number of ether oxygens (including phenoxy) is 1. The Morgan fingerprint density at radius 2 is 1.84 bits per heavy atom. The Balaban J connectivity index is 1.57. The Morgan fingerprint density at radius 3 is 2.51 bits per heavy atom. The summed E-state index contributed by atoms with van der Waals surface area (Å²) in [6.45, 7) is 4.17. The van der Waals surface area contributed by atoms with Crippen molar-refractivity contribution in [2.75, 3.05) is 38.0 Å². The number of carbonyl (C=O) groups is 2. The number of aryl methyl sites for hydroxylation is 1. The molecule has 2 aromatic rings. The number of hydrogen-bond acceptors (Lipinski definition) is 7. The van der Waals surface area contributed by atoms with Crippen molar-refractivity contribution in [3.63, 3.8) is 0 Å². The van der Waals surface area contributed by atoms with Gasteiger partial charge in [0.2, 0.25) is 0 Å². The molecule has 3 atom stereocenters. The van der Waals surface area contributed by atoms with E-state index in [2.05, 4.69) is 10.2 Å². The van der Waals surface area contributed by atoms with E-state index in [1.165, 1.54) is 50.1 Å². The zero-order valence-electron chi connectivity index (χ0n) is 25.6. The summed E-state index contributed by atoms with van der Waals surface area (Å²) >= 11 is 1.54. The monoisotopic (exact) mass is 630 g/mol. The summed E-state index contributed by atoms with van der Waals surface area (Å²) in [5, 5.41) is 12.0. The van der Waals surface area contributed by atoms with Gasteiger partial charge in [0, 0.05) is 37.6 Å². The highest BCUT2D eigenvalue weighted by Gasteiger charge is 2.37. The van der Waals surface area contributed by atoms with E-state index in [9.17, 15) is 23.1 Å². The molecule has 1 saturated carbocycles. The third kappa shape index (κ3) is 9.30. The summed E-state index contributed by atoms with van der Waals surface area (Å²) in [5.41, 5.74) is 3.99. The van der Waals surface area contributed by atoms with Gasteiger partial charge in [-0.3, -0.25) is 9.69 Å². The lowest BCUT2D eigenvalue weighted by molar-refractivity contribution is -0.139. The third-order valence-corrected chi connectivity index (χ3v) is 11.0. The van der Waals surface area contributed by atoms with Crippen molar-refractivity contribution in [3.8, 4) is 11.1 Å². The number of thioether (sulfide) groups is 1. The molecule has 2 N–H and O–H groups in total. The first-order chi connectivity index (χ1) is 20.6. The van der Waals surface area contributed by atoms with E-state index in [4.69, 9.17) is 4.74 Å². The first-order valence-electron chi connectivity index (χ1n) is 15.3. The summed E-state index contributed by atoms with van der Waals surface area (Å²) < 4.78 is 31.3. The van der Waals surface area contributed by atoms with E-state index in [1.54, 1.807) is 6.07 Å². The van der Waals surface area contributed by atoms with Gasteiger partial charge in [0.1, 0.15) is 6.04 Å². The highest BCUT2D eigenvalue weighted by molar-refractivity contribution is 7.98. The molecule has 1 aliphatic carbocycles. The largest absolute Gasteiger partial charge is 0.480 e. The fourth-order valence-corrected chi connectivity index (χ4v) is 7.79. The second-order valence-electron chi connectivity index (χ2n) is 12.2. The maximum Gasteiger partial charge on any atom is 0.326 e. The fourth-order valence-electron chi connectivity index (χ4n) is 6.29. The zero-order chi connectivity index (χ0) is 31.0. The molecule has 2 fully saturated rings. The average Bonchev–Trinajstić information content (AvgIpc) is 3.39. The molecule has 4 rings (SSSR count). The number of nitrogens with one attached hydrogen (secondary N) is 1. The third-order valence-electron chi connectivity index (χ3n) is 8.85. The van der Waals surface area contributed by atoms with Crippen LogP contribution >= 0.6 is 11.8 Å². The number of likely N-dealkylation sites (tertiary alicyclic amines) is 1. The number of aliphatic carboxylic acids is 1. The predicted octanol–water partition coefficient (Wildman–Crippen LogP) is 5.18. The van der Waals surface area contributed by atoms with Crippen LogP contribution < -0.4 is 5.32 Å². The molecule has 10 heteroatoms. The number of carbonyl (C=O) groups excluding carboxylic acids is 1. The molecule has 0 radical (unpaired) electrons. The minimum Gasteiger partial charge on any atom is -0.480 e. The van der Waals surface area contributed by atoms with Gasteiger partial charge in [-0.2, -0.15) is 11.8 Å². The van der Waals surface area contributed by atoms with Crippen molar-refractivity contribution in [1.82, 2.24) is 10.2 Å². The number of rotatable bonds is 14. The number of carboxylic acid groups (broad SMARTS) is 1. The molecular weight excluding hydrogens is 585 g/mol. The molecule has 1 heterocycles. The van der Waals surface area contributed by atoms with Crippen LogP contribution in [0.4, 0.5) is 0 Å². The van der Waals surface area contributed by atoms with Gasteiger partial charge in [-0.25, -0.2) is 13.2 Å². The highest BCUT2D eigenvalue weighted by Crippen LogP contribution is 2.31. The van der Waals surface area contributed by atoms with Crippen molar-refractivity contribution in [3.05, 3.63) is 59.2 Å². The molecule has 1 saturated heterocycles. The van der Waals surface area contributed by atoms with Gasteiger partial charge in [-0.1, -0.05) is 49.6 Å². The first kappa shape index (κ1) is 33.5. The summed E-state index contributed by atoms with van der Waals surface area (Å²) in [6, 6.07) is 12.5. The summed E-state index contributed by atoms with van der Waals surface area (Å²) in [7, 11) is -3.21. The van der Waals surface area contributed by atoms with Crippen molar-refractivity contribution >= 4 is 33.5 Å². The van der Waals surface area contributed by atoms with Crippen LogP contribution in [-0.2, 0) is 25.9 Å². The molecular formula is C33H46N2O6S2. The summed E-state index contributed by atoms with van der Waals surface area (Å²) in [4.78, 5) is 27.5. The van der Waals surface area contributed by atoms with Crippen LogP contribution in [0, 0.1) is 12.8 Å². The molecule has 0 bridgehead atoms. The van der Waals surface area contributed by atoms with E-state index in [1.807, 2.05) is 49.6 Å². The summed E-state index contributed by atoms with van der Waals surface area (Å²) in [6.07, 6.45) is 10.3. The van der Waals surface area contributed by atoms with Crippen LogP contribution in [0.15, 0.2) is 42.5 Å². The van der Waals surface area contributed by atoms with Crippen LogP contribution in [0.2, 0.25) is 0 Å². The maximum absolute atomic E-state index is 13.5. The molecule has 236 valence electrons. The minimum atomic E-state index is -3.21. The van der Waals surface area contributed by atoms with Gasteiger partial charge < -0.3 is 15.2 Å². The van der Waals surface area contributed by atoms with Crippen LogP contribution in [0.1, 0.15) is 66.4 Å². The fraction of sp³-hybridized carbons (Fsp3) is 0.576. The van der Waals surface area contributed by atoms with E-state index >= 15 is 0 Å². The molecule has 43 heavy (non-hydrogen) atoms. The van der Waals surface area contributed by atoms with Crippen molar-refractivity contribution < 1.29 is 27.9 Å². The number of amides is 1. The average molecular weight is 631 g/mol. The van der Waals surface area contributed by atoms with Gasteiger partial charge in [0.15, 0.2) is 9.84 Å². The van der Waals surface area contributed by atoms with Crippen molar-refractivity contribution in [2.45, 2.75) is 75.7 Å². The predicted molar refractivity (Wildman–Crippen MR) is 173 cm³/mol. The van der Waals surface area contributed by atoms with Gasteiger partial charge in [0.25, 0.3) is 5.91 Å². The molecule has 0 unspecified atom stereocenters. The van der Waals surface area contributed by atoms with E-state index < -0.39 is 33.0 Å². The molecule has 2 aromatic carbocycles. The van der Waals surface area contributed by atoms with Crippen LogP contribution in [0.5, 0.6) is 0 Å².